The summed E-state index contributed by atoms with van der Waals surface area (Å²) in [7, 11) is 0. The average molecular weight is 372 g/mol. The lowest BCUT2D eigenvalue weighted by atomic mass is 10.0. The highest BCUT2D eigenvalue weighted by Gasteiger charge is 2.68. The summed E-state index contributed by atoms with van der Waals surface area (Å²) in [5, 5.41) is 21.7. The van der Waals surface area contributed by atoms with Crippen LogP contribution in [0.2, 0.25) is 0 Å². The van der Waals surface area contributed by atoms with Crippen molar-refractivity contribution in [1.82, 2.24) is 0 Å². The Kier molecular flexibility index (Phi) is 4.06. The molecule has 0 spiro atoms. The maximum Gasteiger partial charge on any atom is 0.222 e. The van der Waals surface area contributed by atoms with Crippen molar-refractivity contribution in [2.75, 3.05) is 13.2 Å². The maximum absolute atomic E-state index is 10.9. The first-order valence-electron chi connectivity index (χ1n) is 8.86. The molecule has 0 radical (unpaired) electrons. The predicted octanol–water partition coefficient (Wildman–Crippen LogP) is 1.62. The Bertz CT molecular complexity index is 733. The third-order valence-electron chi connectivity index (χ3n) is 5.08. The zero-order chi connectivity index (χ0) is 18.5. The molecular formula is C20H20O7. The van der Waals surface area contributed by atoms with Crippen molar-refractivity contribution in [3.05, 3.63) is 71.8 Å². The standard InChI is InChI=1S/C20H20O7/c21-19-11-23-17(13-7-3-1-4-8-13)25-15(19)16-20(22,27-19)12-24-18(26-16)14-9-5-2-6-10-14/h1-10,15-18,21-22H,11-12H2/t15-,16-,17+,18+,19-,20-/m0/s1. The summed E-state index contributed by atoms with van der Waals surface area (Å²) in [4.78, 5) is 0. The Morgan fingerprint density at radius 1 is 0.667 bits per heavy atom. The molecule has 0 aliphatic carbocycles. The van der Waals surface area contributed by atoms with Crippen LogP contribution in [0.3, 0.4) is 0 Å². The average Bonchev–Trinajstić information content (AvgIpc) is 2.94. The second-order valence-corrected chi connectivity index (χ2v) is 7.01. The molecule has 7 nitrogen and oxygen atoms in total. The molecule has 7 heteroatoms. The second kappa shape index (κ2) is 6.35. The fourth-order valence-corrected chi connectivity index (χ4v) is 3.78. The van der Waals surface area contributed by atoms with Gasteiger partial charge < -0.3 is 33.9 Å². The molecule has 3 aliphatic heterocycles. The molecule has 2 aromatic carbocycles. The van der Waals surface area contributed by atoms with Gasteiger partial charge in [0, 0.05) is 11.1 Å². The first-order chi connectivity index (χ1) is 13.1. The van der Waals surface area contributed by atoms with Crippen LogP contribution in [0.5, 0.6) is 0 Å². The van der Waals surface area contributed by atoms with Gasteiger partial charge in [-0.25, -0.2) is 0 Å². The Labute approximate surface area is 156 Å². The van der Waals surface area contributed by atoms with Crippen molar-refractivity contribution in [3.8, 4) is 0 Å². The molecule has 0 aromatic heterocycles. The SMILES string of the molecule is O[C@]12CO[C@@H](c3ccccc3)O[C@H]1[C@@H]1O[C@H](c3ccccc3)OC[C@]1(O)O2. The van der Waals surface area contributed by atoms with Crippen LogP contribution in [0.25, 0.3) is 0 Å². The van der Waals surface area contributed by atoms with E-state index < -0.39 is 36.4 Å². The van der Waals surface area contributed by atoms with Gasteiger partial charge in [0.25, 0.3) is 0 Å². The Hall–Kier alpha value is -1.84. The molecule has 0 amide bonds. The van der Waals surface area contributed by atoms with Crippen molar-refractivity contribution in [2.24, 2.45) is 0 Å². The van der Waals surface area contributed by atoms with Crippen LogP contribution >= 0.6 is 0 Å². The van der Waals surface area contributed by atoms with E-state index in [1.54, 1.807) is 0 Å². The molecule has 3 heterocycles. The summed E-state index contributed by atoms with van der Waals surface area (Å²) in [5.41, 5.74) is 1.61. The van der Waals surface area contributed by atoms with Gasteiger partial charge in [-0.05, 0) is 0 Å². The molecule has 2 aromatic rings. The highest BCUT2D eigenvalue weighted by molar-refractivity contribution is 5.19. The van der Waals surface area contributed by atoms with Gasteiger partial charge in [-0.2, -0.15) is 0 Å². The van der Waals surface area contributed by atoms with E-state index in [1.807, 2.05) is 60.7 Å². The van der Waals surface area contributed by atoms with Gasteiger partial charge in [0.2, 0.25) is 11.6 Å². The molecule has 5 rings (SSSR count). The van der Waals surface area contributed by atoms with Gasteiger partial charge in [0.1, 0.15) is 25.4 Å². The summed E-state index contributed by atoms with van der Waals surface area (Å²) in [6.07, 6.45) is -3.25. The van der Waals surface area contributed by atoms with E-state index >= 15 is 0 Å². The van der Waals surface area contributed by atoms with Crippen LogP contribution in [0.4, 0.5) is 0 Å². The zero-order valence-electron chi connectivity index (χ0n) is 14.4. The number of fused-ring (bicyclic) bond motifs is 3. The van der Waals surface area contributed by atoms with E-state index in [-0.39, 0.29) is 13.2 Å². The smallest absolute Gasteiger partial charge is 0.222 e. The van der Waals surface area contributed by atoms with E-state index in [0.29, 0.717) is 0 Å². The van der Waals surface area contributed by atoms with Crippen LogP contribution in [0.15, 0.2) is 60.7 Å². The number of hydrogen-bond acceptors (Lipinski definition) is 7. The Morgan fingerprint density at radius 3 is 1.48 bits per heavy atom. The molecule has 3 aliphatic rings. The lowest BCUT2D eigenvalue weighted by molar-refractivity contribution is -0.383. The maximum atomic E-state index is 10.9. The molecule has 3 fully saturated rings. The summed E-state index contributed by atoms with van der Waals surface area (Å²) in [6.45, 7) is -0.315. The third-order valence-corrected chi connectivity index (χ3v) is 5.08. The van der Waals surface area contributed by atoms with Crippen molar-refractivity contribution in [2.45, 2.75) is 36.4 Å². The number of aliphatic hydroxyl groups is 2. The first kappa shape index (κ1) is 17.3. The van der Waals surface area contributed by atoms with E-state index in [9.17, 15) is 10.2 Å². The number of ether oxygens (including phenoxy) is 5. The highest BCUT2D eigenvalue weighted by atomic mass is 16.8. The van der Waals surface area contributed by atoms with Crippen LogP contribution in [-0.2, 0) is 23.7 Å². The third kappa shape index (κ3) is 2.88. The quantitative estimate of drug-likeness (QED) is 0.828. The minimum atomic E-state index is -1.82. The van der Waals surface area contributed by atoms with Crippen molar-refractivity contribution in [1.29, 1.82) is 0 Å². The Morgan fingerprint density at radius 2 is 1.07 bits per heavy atom. The van der Waals surface area contributed by atoms with Gasteiger partial charge in [-0.1, -0.05) is 60.7 Å². The van der Waals surface area contributed by atoms with E-state index in [4.69, 9.17) is 23.7 Å². The van der Waals surface area contributed by atoms with Crippen molar-refractivity contribution in [3.63, 3.8) is 0 Å². The lowest BCUT2D eigenvalue weighted by Gasteiger charge is -2.40. The molecular weight excluding hydrogens is 352 g/mol. The lowest BCUT2D eigenvalue weighted by Crippen LogP contribution is -2.55. The fourth-order valence-electron chi connectivity index (χ4n) is 3.78. The molecule has 6 atom stereocenters. The van der Waals surface area contributed by atoms with E-state index in [1.165, 1.54) is 0 Å². The molecule has 2 N–H and O–H groups in total. The summed E-state index contributed by atoms with van der Waals surface area (Å²) >= 11 is 0. The minimum absolute atomic E-state index is 0.157. The number of hydrogen-bond donors (Lipinski definition) is 2. The molecule has 142 valence electrons. The highest BCUT2D eigenvalue weighted by Crippen LogP contribution is 2.48. The fraction of sp³-hybridized carbons (Fsp3) is 0.400. The topological polar surface area (TPSA) is 86.6 Å². The monoisotopic (exact) mass is 372 g/mol. The van der Waals surface area contributed by atoms with E-state index in [2.05, 4.69) is 0 Å². The van der Waals surface area contributed by atoms with Crippen molar-refractivity contribution < 1.29 is 33.9 Å². The first-order valence-corrected chi connectivity index (χ1v) is 8.86. The normalized spacial score (nSPS) is 41.0. The minimum Gasteiger partial charge on any atom is -0.361 e. The van der Waals surface area contributed by atoms with Crippen LogP contribution < -0.4 is 0 Å². The van der Waals surface area contributed by atoms with Gasteiger partial charge in [-0.15, -0.1) is 0 Å². The van der Waals surface area contributed by atoms with Crippen molar-refractivity contribution >= 4 is 0 Å². The molecule has 0 bridgehead atoms. The Balaban J connectivity index is 1.42. The number of rotatable bonds is 2. The van der Waals surface area contributed by atoms with Crippen LogP contribution in [0.1, 0.15) is 23.7 Å². The largest absolute Gasteiger partial charge is 0.361 e. The zero-order valence-corrected chi connectivity index (χ0v) is 14.4. The number of benzene rings is 2. The summed E-state index contributed by atoms with van der Waals surface area (Å²) in [6, 6.07) is 18.8. The van der Waals surface area contributed by atoms with Crippen LogP contribution in [0, 0.1) is 0 Å². The van der Waals surface area contributed by atoms with Gasteiger partial charge in [0.05, 0.1) is 0 Å². The van der Waals surface area contributed by atoms with Gasteiger partial charge >= 0.3 is 0 Å². The molecule has 3 saturated heterocycles. The molecule has 27 heavy (non-hydrogen) atoms. The molecule has 0 saturated carbocycles. The molecule has 0 unspecified atom stereocenters. The van der Waals surface area contributed by atoms with Gasteiger partial charge in [0.15, 0.2) is 12.6 Å². The van der Waals surface area contributed by atoms with Crippen LogP contribution in [-0.4, -0.2) is 47.2 Å². The van der Waals surface area contributed by atoms with E-state index in [0.717, 1.165) is 11.1 Å². The predicted molar refractivity (Wildman–Crippen MR) is 91.0 cm³/mol. The van der Waals surface area contributed by atoms with Gasteiger partial charge in [-0.3, -0.25) is 0 Å². The second-order valence-electron chi connectivity index (χ2n) is 7.01. The summed E-state index contributed by atoms with van der Waals surface area (Å²) < 4.78 is 28.8. The summed E-state index contributed by atoms with van der Waals surface area (Å²) in [5.74, 6) is -3.64.